The molecule has 1 N–H and O–H groups in total. The average Bonchev–Trinajstić information content (AvgIpc) is 2.48. The molecule has 1 aliphatic carbocycles. The summed E-state index contributed by atoms with van der Waals surface area (Å²) in [5.41, 5.74) is 0. The van der Waals surface area contributed by atoms with Gasteiger partial charge in [-0.25, -0.2) is 0 Å². The van der Waals surface area contributed by atoms with E-state index in [9.17, 15) is 5.11 Å². The van der Waals surface area contributed by atoms with Crippen LogP contribution in [-0.4, -0.2) is 35.2 Å². The summed E-state index contributed by atoms with van der Waals surface area (Å²) in [5.74, 6) is 1.45. The first kappa shape index (κ1) is 13.0. The summed E-state index contributed by atoms with van der Waals surface area (Å²) in [6.45, 7) is 11.5. The molecule has 0 radical (unpaired) electrons. The lowest BCUT2D eigenvalue weighted by Gasteiger charge is -2.31. The van der Waals surface area contributed by atoms with E-state index in [0.29, 0.717) is 6.04 Å². The molecule has 2 nitrogen and oxygen atoms in total. The number of hydrogen-bond donors (Lipinski definition) is 1. The van der Waals surface area contributed by atoms with E-state index >= 15 is 0 Å². The Balaban J connectivity index is 2.47. The Kier molecular flexibility index (Phi) is 5.07. The van der Waals surface area contributed by atoms with Crippen LogP contribution in [-0.2, 0) is 0 Å². The minimum atomic E-state index is -0.0446. The molecule has 0 heterocycles. The van der Waals surface area contributed by atoms with E-state index in [1.54, 1.807) is 0 Å². The first-order valence-electron chi connectivity index (χ1n) is 6.41. The van der Waals surface area contributed by atoms with Crippen LogP contribution in [0.3, 0.4) is 0 Å². The number of aliphatic hydroxyl groups excluding tert-OH is 1. The zero-order valence-electron chi connectivity index (χ0n) is 10.7. The van der Waals surface area contributed by atoms with Crippen LogP contribution in [0.1, 0.15) is 47.0 Å². The normalized spacial score (nSPS) is 27.2. The SMILES string of the molecule is CC(C)CN(CC(C)C)C1CCC(O)C1. The van der Waals surface area contributed by atoms with Crippen molar-refractivity contribution in [2.24, 2.45) is 11.8 Å². The summed E-state index contributed by atoms with van der Waals surface area (Å²) in [5, 5.41) is 9.59. The maximum atomic E-state index is 9.59. The summed E-state index contributed by atoms with van der Waals surface area (Å²) in [6, 6.07) is 0.629. The van der Waals surface area contributed by atoms with E-state index < -0.39 is 0 Å². The van der Waals surface area contributed by atoms with Crippen molar-refractivity contribution in [1.82, 2.24) is 4.90 Å². The Hall–Kier alpha value is -0.0800. The largest absolute Gasteiger partial charge is 0.393 e. The monoisotopic (exact) mass is 213 g/mol. The second-order valence-electron chi connectivity index (χ2n) is 5.86. The van der Waals surface area contributed by atoms with Crippen molar-refractivity contribution in [1.29, 1.82) is 0 Å². The molecular formula is C13H27NO. The molecule has 0 bridgehead atoms. The Morgan fingerprint density at radius 1 is 1.07 bits per heavy atom. The maximum Gasteiger partial charge on any atom is 0.0555 e. The molecule has 1 saturated carbocycles. The second-order valence-corrected chi connectivity index (χ2v) is 5.86. The molecule has 2 atom stereocenters. The molecule has 1 fully saturated rings. The molecular weight excluding hydrogens is 186 g/mol. The van der Waals surface area contributed by atoms with Crippen LogP contribution in [0.25, 0.3) is 0 Å². The lowest BCUT2D eigenvalue weighted by Crippen LogP contribution is -2.39. The predicted molar refractivity (Wildman–Crippen MR) is 64.9 cm³/mol. The molecule has 0 spiro atoms. The highest BCUT2D eigenvalue weighted by Crippen LogP contribution is 2.25. The van der Waals surface area contributed by atoms with Gasteiger partial charge in [0.25, 0.3) is 0 Å². The zero-order chi connectivity index (χ0) is 11.4. The molecule has 2 heteroatoms. The molecule has 15 heavy (non-hydrogen) atoms. The van der Waals surface area contributed by atoms with Crippen molar-refractivity contribution >= 4 is 0 Å². The van der Waals surface area contributed by atoms with Gasteiger partial charge in [-0.05, 0) is 31.1 Å². The predicted octanol–water partition coefficient (Wildman–Crippen LogP) is 2.51. The number of hydrogen-bond acceptors (Lipinski definition) is 2. The van der Waals surface area contributed by atoms with Gasteiger partial charge in [-0.3, -0.25) is 4.90 Å². The lowest BCUT2D eigenvalue weighted by atomic mass is 10.1. The first-order valence-corrected chi connectivity index (χ1v) is 6.41. The van der Waals surface area contributed by atoms with Crippen LogP contribution in [0.5, 0.6) is 0 Å². The Bertz CT molecular complexity index is 169. The van der Waals surface area contributed by atoms with Gasteiger partial charge in [0.05, 0.1) is 6.10 Å². The highest BCUT2D eigenvalue weighted by molar-refractivity contribution is 4.83. The summed E-state index contributed by atoms with van der Waals surface area (Å²) < 4.78 is 0. The van der Waals surface area contributed by atoms with Gasteiger partial charge >= 0.3 is 0 Å². The third-order valence-corrected chi connectivity index (χ3v) is 3.09. The summed E-state index contributed by atoms with van der Waals surface area (Å²) in [7, 11) is 0. The van der Waals surface area contributed by atoms with E-state index in [1.165, 1.54) is 19.5 Å². The second kappa shape index (κ2) is 5.86. The maximum absolute atomic E-state index is 9.59. The number of aliphatic hydroxyl groups is 1. The third kappa shape index (κ3) is 4.52. The summed E-state index contributed by atoms with van der Waals surface area (Å²) in [6.07, 6.45) is 3.12. The van der Waals surface area contributed by atoms with Crippen molar-refractivity contribution in [3.8, 4) is 0 Å². The fourth-order valence-corrected chi connectivity index (χ4v) is 2.58. The van der Waals surface area contributed by atoms with Gasteiger partial charge in [-0.15, -0.1) is 0 Å². The zero-order valence-corrected chi connectivity index (χ0v) is 10.7. The fourth-order valence-electron chi connectivity index (χ4n) is 2.58. The molecule has 0 aromatic carbocycles. The van der Waals surface area contributed by atoms with E-state index in [4.69, 9.17) is 0 Å². The molecule has 0 aromatic rings. The van der Waals surface area contributed by atoms with Crippen LogP contribution in [0.2, 0.25) is 0 Å². The molecule has 1 rings (SSSR count). The van der Waals surface area contributed by atoms with Crippen LogP contribution in [0.15, 0.2) is 0 Å². The van der Waals surface area contributed by atoms with Crippen molar-refractivity contribution in [3.05, 3.63) is 0 Å². The first-order chi connectivity index (χ1) is 6.99. The average molecular weight is 213 g/mol. The fraction of sp³-hybridized carbons (Fsp3) is 1.00. The molecule has 0 saturated heterocycles. The number of nitrogens with zero attached hydrogens (tertiary/aromatic N) is 1. The van der Waals surface area contributed by atoms with Crippen LogP contribution < -0.4 is 0 Å². The van der Waals surface area contributed by atoms with Gasteiger partial charge in [0, 0.05) is 19.1 Å². The standard InChI is InChI=1S/C13H27NO/c1-10(2)8-14(9-11(3)4)12-5-6-13(15)7-12/h10-13,15H,5-9H2,1-4H3. The Morgan fingerprint density at radius 3 is 1.93 bits per heavy atom. The van der Waals surface area contributed by atoms with Gasteiger partial charge in [0.2, 0.25) is 0 Å². The molecule has 1 aliphatic rings. The lowest BCUT2D eigenvalue weighted by molar-refractivity contribution is 0.131. The van der Waals surface area contributed by atoms with Crippen molar-refractivity contribution < 1.29 is 5.11 Å². The van der Waals surface area contributed by atoms with Crippen LogP contribution in [0, 0.1) is 11.8 Å². The molecule has 0 aliphatic heterocycles. The molecule has 2 unspecified atom stereocenters. The number of rotatable bonds is 5. The highest BCUT2D eigenvalue weighted by atomic mass is 16.3. The summed E-state index contributed by atoms with van der Waals surface area (Å²) in [4.78, 5) is 2.59. The third-order valence-electron chi connectivity index (χ3n) is 3.09. The van der Waals surface area contributed by atoms with Gasteiger partial charge in [-0.1, -0.05) is 27.7 Å². The van der Waals surface area contributed by atoms with Crippen molar-refractivity contribution in [2.45, 2.75) is 59.1 Å². The quantitative estimate of drug-likeness (QED) is 0.758. The van der Waals surface area contributed by atoms with Gasteiger partial charge in [0.1, 0.15) is 0 Å². The summed E-state index contributed by atoms with van der Waals surface area (Å²) >= 11 is 0. The van der Waals surface area contributed by atoms with Crippen LogP contribution in [0.4, 0.5) is 0 Å². The van der Waals surface area contributed by atoms with Crippen molar-refractivity contribution in [2.75, 3.05) is 13.1 Å². The van der Waals surface area contributed by atoms with Crippen molar-refractivity contribution in [3.63, 3.8) is 0 Å². The Morgan fingerprint density at radius 2 is 1.60 bits per heavy atom. The van der Waals surface area contributed by atoms with E-state index in [2.05, 4.69) is 32.6 Å². The van der Waals surface area contributed by atoms with E-state index in [0.717, 1.165) is 24.7 Å². The minimum absolute atomic E-state index is 0.0446. The highest BCUT2D eigenvalue weighted by Gasteiger charge is 2.28. The van der Waals surface area contributed by atoms with Gasteiger partial charge in [-0.2, -0.15) is 0 Å². The van der Waals surface area contributed by atoms with Gasteiger partial charge in [0.15, 0.2) is 0 Å². The van der Waals surface area contributed by atoms with Crippen LogP contribution >= 0.6 is 0 Å². The molecule has 0 aromatic heterocycles. The topological polar surface area (TPSA) is 23.5 Å². The van der Waals surface area contributed by atoms with E-state index in [1.807, 2.05) is 0 Å². The minimum Gasteiger partial charge on any atom is -0.393 e. The van der Waals surface area contributed by atoms with Gasteiger partial charge < -0.3 is 5.11 Å². The molecule has 90 valence electrons. The Labute approximate surface area is 94.7 Å². The molecule has 0 amide bonds. The smallest absolute Gasteiger partial charge is 0.0555 e. The van der Waals surface area contributed by atoms with E-state index in [-0.39, 0.29) is 6.10 Å².